The molecule has 1 aromatic heterocycles. The van der Waals surface area contributed by atoms with Crippen molar-refractivity contribution in [3.63, 3.8) is 0 Å². The summed E-state index contributed by atoms with van der Waals surface area (Å²) in [5.74, 6) is -0.271. The predicted octanol–water partition coefficient (Wildman–Crippen LogP) is 4.64. The van der Waals surface area contributed by atoms with E-state index in [1.807, 2.05) is 61.7 Å². The number of aryl methyl sites for hydroxylation is 2. The van der Waals surface area contributed by atoms with E-state index in [0.717, 1.165) is 28.1 Å². The maximum atomic E-state index is 12.5. The molecule has 132 valence electrons. The molecule has 0 aliphatic heterocycles. The summed E-state index contributed by atoms with van der Waals surface area (Å²) in [4.78, 5) is 28.0. The highest BCUT2D eigenvalue weighted by atomic mass is 32.1. The third kappa shape index (κ3) is 4.15. The van der Waals surface area contributed by atoms with Gasteiger partial charge in [-0.1, -0.05) is 29.8 Å². The minimum absolute atomic E-state index is 0.109. The van der Waals surface area contributed by atoms with Crippen LogP contribution in [0.2, 0.25) is 0 Å². The number of carbonyl (C=O) groups is 2. The van der Waals surface area contributed by atoms with E-state index in [-0.39, 0.29) is 11.8 Å². The number of benzene rings is 2. The molecule has 0 fully saturated rings. The highest BCUT2D eigenvalue weighted by molar-refractivity contribution is 7.14. The molecule has 6 heteroatoms. The Labute approximate surface area is 156 Å². The Morgan fingerprint density at radius 2 is 1.73 bits per heavy atom. The molecule has 1 heterocycles. The molecule has 2 N–H and O–H groups in total. The smallest absolute Gasteiger partial charge is 0.257 e. The first-order valence-corrected chi connectivity index (χ1v) is 9.02. The molecule has 3 aromatic rings. The van der Waals surface area contributed by atoms with Crippen molar-refractivity contribution in [2.24, 2.45) is 0 Å². The SMILES string of the molecule is CC(=O)Nc1ccc(-c2csc(NC(=O)c3ccc(C)cc3C)n2)cc1. The van der Waals surface area contributed by atoms with Gasteiger partial charge in [-0.05, 0) is 37.6 Å². The molecule has 0 aliphatic rings. The summed E-state index contributed by atoms with van der Waals surface area (Å²) in [7, 11) is 0. The molecule has 0 atom stereocenters. The summed E-state index contributed by atoms with van der Waals surface area (Å²) in [6.45, 7) is 5.39. The monoisotopic (exact) mass is 365 g/mol. The average molecular weight is 365 g/mol. The minimum Gasteiger partial charge on any atom is -0.326 e. The summed E-state index contributed by atoms with van der Waals surface area (Å²) >= 11 is 1.38. The van der Waals surface area contributed by atoms with Gasteiger partial charge in [0.25, 0.3) is 5.91 Å². The highest BCUT2D eigenvalue weighted by Gasteiger charge is 2.12. The van der Waals surface area contributed by atoms with Crippen LogP contribution in [0.3, 0.4) is 0 Å². The number of hydrogen-bond acceptors (Lipinski definition) is 4. The molecule has 0 spiro atoms. The number of thiazole rings is 1. The van der Waals surface area contributed by atoms with Crippen LogP contribution in [0.4, 0.5) is 10.8 Å². The zero-order valence-electron chi connectivity index (χ0n) is 14.8. The standard InChI is InChI=1S/C20H19N3O2S/c1-12-4-9-17(13(2)10-12)19(25)23-20-22-18(11-26-20)15-5-7-16(8-6-15)21-14(3)24/h4-11H,1-3H3,(H,21,24)(H,22,23,25). The van der Waals surface area contributed by atoms with Gasteiger partial charge in [-0.25, -0.2) is 4.98 Å². The summed E-state index contributed by atoms with van der Waals surface area (Å²) in [5, 5.41) is 8.03. The third-order valence-corrected chi connectivity index (χ3v) is 4.61. The van der Waals surface area contributed by atoms with Crippen LogP contribution in [-0.2, 0) is 4.79 Å². The fraction of sp³-hybridized carbons (Fsp3) is 0.150. The lowest BCUT2D eigenvalue weighted by molar-refractivity contribution is -0.114. The third-order valence-electron chi connectivity index (χ3n) is 3.85. The number of amides is 2. The number of anilines is 2. The van der Waals surface area contributed by atoms with Gasteiger partial charge in [-0.2, -0.15) is 0 Å². The molecule has 0 aliphatic carbocycles. The fourth-order valence-corrected chi connectivity index (χ4v) is 3.34. The van der Waals surface area contributed by atoms with E-state index in [0.29, 0.717) is 10.7 Å². The highest BCUT2D eigenvalue weighted by Crippen LogP contribution is 2.26. The fourth-order valence-electron chi connectivity index (χ4n) is 2.62. The van der Waals surface area contributed by atoms with Crippen LogP contribution in [0, 0.1) is 13.8 Å². The lowest BCUT2D eigenvalue weighted by atomic mass is 10.1. The number of nitrogens with zero attached hydrogens (tertiary/aromatic N) is 1. The number of hydrogen-bond donors (Lipinski definition) is 2. The number of aromatic nitrogens is 1. The molecule has 0 radical (unpaired) electrons. The molecule has 0 saturated carbocycles. The van der Waals surface area contributed by atoms with E-state index in [2.05, 4.69) is 15.6 Å². The van der Waals surface area contributed by atoms with Gasteiger partial charge in [-0.3, -0.25) is 14.9 Å². The molecule has 0 unspecified atom stereocenters. The van der Waals surface area contributed by atoms with Gasteiger partial charge >= 0.3 is 0 Å². The van der Waals surface area contributed by atoms with Crippen molar-refractivity contribution < 1.29 is 9.59 Å². The zero-order chi connectivity index (χ0) is 18.7. The predicted molar refractivity (Wildman–Crippen MR) is 106 cm³/mol. The van der Waals surface area contributed by atoms with Crippen LogP contribution in [0.25, 0.3) is 11.3 Å². The Morgan fingerprint density at radius 1 is 1.00 bits per heavy atom. The van der Waals surface area contributed by atoms with Crippen LogP contribution >= 0.6 is 11.3 Å². The Morgan fingerprint density at radius 3 is 2.38 bits per heavy atom. The van der Waals surface area contributed by atoms with Crippen LogP contribution < -0.4 is 10.6 Å². The summed E-state index contributed by atoms with van der Waals surface area (Å²) in [6, 6.07) is 13.2. The van der Waals surface area contributed by atoms with Gasteiger partial charge in [0.1, 0.15) is 0 Å². The van der Waals surface area contributed by atoms with Gasteiger partial charge in [0.15, 0.2) is 5.13 Å². The second-order valence-corrected chi connectivity index (χ2v) is 6.93. The largest absolute Gasteiger partial charge is 0.326 e. The van der Waals surface area contributed by atoms with Gasteiger partial charge < -0.3 is 5.32 Å². The quantitative estimate of drug-likeness (QED) is 0.708. The van der Waals surface area contributed by atoms with E-state index in [1.165, 1.54) is 18.3 Å². The first kappa shape index (κ1) is 17.8. The van der Waals surface area contributed by atoms with Gasteiger partial charge in [-0.15, -0.1) is 11.3 Å². The molecule has 0 bridgehead atoms. The lowest BCUT2D eigenvalue weighted by Gasteiger charge is -2.06. The second kappa shape index (κ2) is 7.49. The van der Waals surface area contributed by atoms with Crippen molar-refractivity contribution in [3.8, 4) is 11.3 Å². The Kier molecular flexibility index (Phi) is 5.14. The van der Waals surface area contributed by atoms with Crippen LogP contribution in [0.15, 0.2) is 47.8 Å². The Balaban J connectivity index is 1.73. The molecule has 26 heavy (non-hydrogen) atoms. The molecular weight excluding hydrogens is 346 g/mol. The molecule has 0 saturated heterocycles. The van der Waals surface area contributed by atoms with Crippen molar-refractivity contribution in [3.05, 3.63) is 64.5 Å². The normalized spacial score (nSPS) is 10.4. The molecule has 2 amide bonds. The first-order valence-electron chi connectivity index (χ1n) is 8.14. The first-order chi connectivity index (χ1) is 12.4. The summed E-state index contributed by atoms with van der Waals surface area (Å²) in [5.41, 5.74) is 5.14. The molecular formula is C20H19N3O2S. The van der Waals surface area contributed by atoms with Crippen LogP contribution in [0.1, 0.15) is 28.4 Å². The van der Waals surface area contributed by atoms with E-state index < -0.39 is 0 Å². The van der Waals surface area contributed by atoms with Crippen molar-refractivity contribution in [1.82, 2.24) is 4.98 Å². The van der Waals surface area contributed by atoms with Crippen LogP contribution in [-0.4, -0.2) is 16.8 Å². The molecule has 3 rings (SSSR count). The lowest BCUT2D eigenvalue weighted by Crippen LogP contribution is -2.13. The average Bonchev–Trinajstić information content (AvgIpc) is 3.03. The summed E-state index contributed by atoms with van der Waals surface area (Å²) in [6.07, 6.45) is 0. The maximum Gasteiger partial charge on any atom is 0.257 e. The number of rotatable bonds is 4. The van der Waals surface area contributed by atoms with E-state index in [1.54, 1.807) is 0 Å². The molecule has 2 aromatic carbocycles. The zero-order valence-corrected chi connectivity index (χ0v) is 15.6. The Bertz CT molecular complexity index is 961. The number of carbonyl (C=O) groups excluding carboxylic acids is 2. The van der Waals surface area contributed by atoms with Crippen molar-refractivity contribution in [2.45, 2.75) is 20.8 Å². The van der Waals surface area contributed by atoms with Gasteiger partial charge in [0, 0.05) is 29.1 Å². The topological polar surface area (TPSA) is 71.1 Å². The van der Waals surface area contributed by atoms with Gasteiger partial charge in [0.2, 0.25) is 5.91 Å². The number of nitrogens with one attached hydrogen (secondary N) is 2. The van der Waals surface area contributed by atoms with Crippen molar-refractivity contribution in [2.75, 3.05) is 10.6 Å². The summed E-state index contributed by atoms with van der Waals surface area (Å²) < 4.78 is 0. The van der Waals surface area contributed by atoms with E-state index >= 15 is 0 Å². The maximum absolute atomic E-state index is 12.5. The van der Waals surface area contributed by atoms with E-state index in [9.17, 15) is 9.59 Å². The second-order valence-electron chi connectivity index (χ2n) is 6.07. The van der Waals surface area contributed by atoms with E-state index in [4.69, 9.17) is 0 Å². The van der Waals surface area contributed by atoms with Crippen molar-refractivity contribution in [1.29, 1.82) is 0 Å². The minimum atomic E-state index is -0.163. The molecule has 5 nitrogen and oxygen atoms in total. The Hall–Kier alpha value is -2.99. The van der Waals surface area contributed by atoms with Crippen LogP contribution in [0.5, 0.6) is 0 Å². The van der Waals surface area contributed by atoms with Crippen molar-refractivity contribution >= 4 is 34.0 Å². The van der Waals surface area contributed by atoms with Gasteiger partial charge in [0.05, 0.1) is 5.69 Å².